The average Bonchev–Trinajstić information content (AvgIpc) is 3.51. The summed E-state index contributed by atoms with van der Waals surface area (Å²) < 4.78 is 37.9. The second-order valence-corrected chi connectivity index (χ2v) is 11.2. The van der Waals surface area contributed by atoms with E-state index in [1.807, 2.05) is 121 Å². The van der Waals surface area contributed by atoms with Crippen molar-refractivity contribution < 1.29 is 32.9 Å². The molecule has 0 aliphatic heterocycles. The second-order valence-electron chi connectivity index (χ2n) is 11.2. The number of rotatable bonds is 18. The number of hydrogen-bond acceptors (Lipinski definition) is 7. The molecule has 0 aliphatic carbocycles. The molecule has 4 aromatic carbocycles. The zero-order valence-electron chi connectivity index (χ0n) is 27.0. The maximum absolute atomic E-state index is 12.8. The fourth-order valence-corrected chi connectivity index (χ4v) is 5.19. The van der Waals surface area contributed by atoms with Gasteiger partial charge < -0.3 is 28.1 Å². The Morgan fingerprint density at radius 1 is 0.638 bits per heavy atom. The highest BCUT2D eigenvalue weighted by Gasteiger charge is 2.37. The van der Waals surface area contributed by atoms with Gasteiger partial charge in [0.15, 0.2) is 0 Å². The zero-order valence-corrected chi connectivity index (χ0v) is 27.0. The summed E-state index contributed by atoms with van der Waals surface area (Å²) in [6.07, 6.45) is -2.04. The van der Waals surface area contributed by atoms with Crippen LogP contribution in [0.4, 0.5) is 0 Å². The summed E-state index contributed by atoms with van der Waals surface area (Å²) in [6, 6.07) is 41.5. The molecule has 0 saturated carbocycles. The Morgan fingerprint density at radius 2 is 1.11 bits per heavy atom. The van der Waals surface area contributed by atoms with Gasteiger partial charge in [0.2, 0.25) is 0 Å². The van der Waals surface area contributed by atoms with Crippen LogP contribution in [0.15, 0.2) is 132 Å². The first-order chi connectivity index (χ1) is 23.1. The van der Waals surface area contributed by atoms with Crippen LogP contribution in [0.5, 0.6) is 0 Å². The molecule has 3 atom stereocenters. The van der Waals surface area contributed by atoms with Crippen LogP contribution in [0.25, 0.3) is 0 Å². The Morgan fingerprint density at radius 3 is 1.62 bits per heavy atom. The number of esters is 1. The van der Waals surface area contributed by atoms with Gasteiger partial charge in [-0.15, -0.1) is 0 Å². The predicted molar refractivity (Wildman–Crippen MR) is 180 cm³/mol. The Hall–Kier alpha value is -4.53. The van der Waals surface area contributed by atoms with Crippen LogP contribution in [-0.2, 0) is 50.1 Å². The van der Waals surface area contributed by atoms with Crippen molar-refractivity contribution in [3.8, 4) is 0 Å². The van der Waals surface area contributed by atoms with E-state index in [-0.39, 0.29) is 19.8 Å². The number of ether oxygens (including phenoxy) is 5. The van der Waals surface area contributed by atoms with Crippen LogP contribution in [0.3, 0.4) is 0 Å². The number of aryl methyl sites for hydroxylation is 1. The molecule has 244 valence electrons. The smallest absolute Gasteiger partial charge is 0.341 e. The molecule has 0 unspecified atom stereocenters. The first-order valence-corrected chi connectivity index (χ1v) is 16.0. The van der Waals surface area contributed by atoms with E-state index in [2.05, 4.69) is 0 Å². The van der Waals surface area contributed by atoms with Crippen molar-refractivity contribution >= 4 is 5.97 Å². The molecule has 1 aromatic heterocycles. The van der Waals surface area contributed by atoms with E-state index in [9.17, 15) is 4.79 Å². The molecule has 0 saturated heterocycles. The Balaban J connectivity index is 1.50. The summed E-state index contributed by atoms with van der Waals surface area (Å²) in [5.41, 5.74) is 4.39. The van der Waals surface area contributed by atoms with E-state index in [1.54, 1.807) is 19.9 Å². The van der Waals surface area contributed by atoms with Crippen molar-refractivity contribution in [2.75, 3.05) is 13.2 Å². The number of furan rings is 1. The van der Waals surface area contributed by atoms with Crippen LogP contribution in [0.1, 0.15) is 57.2 Å². The summed E-state index contributed by atoms with van der Waals surface area (Å²) in [6.45, 7) is 5.31. The van der Waals surface area contributed by atoms with Gasteiger partial charge in [-0.25, -0.2) is 4.79 Å². The molecular formula is C40H42O7. The SMILES string of the molecule is CCOC(=O)c1cc([C@@H](OCc2ccccc2)[C@H](OCc2ccccc2)[C@@H](COCc2ccccc2)OCc2ccccc2)oc1C. The molecule has 0 spiro atoms. The van der Waals surface area contributed by atoms with Crippen molar-refractivity contribution in [1.82, 2.24) is 0 Å². The van der Waals surface area contributed by atoms with Gasteiger partial charge in [0.05, 0.1) is 39.6 Å². The number of hydrogen-bond donors (Lipinski definition) is 0. The maximum Gasteiger partial charge on any atom is 0.341 e. The van der Waals surface area contributed by atoms with Gasteiger partial charge in [-0.3, -0.25) is 0 Å². The lowest BCUT2D eigenvalue weighted by molar-refractivity contribution is -0.174. The molecule has 1 heterocycles. The minimum Gasteiger partial charge on any atom is -0.463 e. The fraction of sp³-hybridized carbons (Fsp3) is 0.275. The van der Waals surface area contributed by atoms with Gasteiger partial charge in [-0.05, 0) is 42.2 Å². The first-order valence-electron chi connectivity index (χ1n) is 16.0. The zero-order chi connectivity index (χ0) is 32.7. The Labute approximate surface area is 277 Å². The molecule has 7 heteroatoms. The molecule has 0 radical (unpaired) electrons. The van der Waals surface area contributed by atoms with Crippen molar-refractivity contribution in [2.45, 2.75) is 58.6 Å². The normalized spacial score (nSPS) is 13.1. The third-order valence-corrected chi connectivity index (χ3v) is 7.64. The third kappa shape index (κ3) is 10.2. The van der Waals surface area contributed by atoms with Gasteiger partial charge in [0.25, 0.3) is 0 Å². The topological polar surface area (TPSA) is 76.4 Å². The van der Waals surface area contributed by atoms with Crippen LogP contribution in [-0.4, -0.2) is 31.4 Å². The molecule has 0 fully saturated rings. The lowest BCUT2D eigenvalue weighted by Gasteiger charge is -2.33. The summed E-state index contributed by atoms with van der Waals surface area (Å²) in [5.74, 6) is 0.429. The molecule has 5 rings (SSSR count). The summed E-state index contributed by atoms with van der Waals surface area (Å²) in [4.78, 5) is 12.8. The molecule has 0 bridgehead atoms. The largest absolute Gasteiger partial charge is 0.463 e. The summed E-state index contributed by atoms with van der Waals surface area (Å²) in [7, 11) is 0. The predicted octanol–water partition coefficient (Wildman–Crippen LogP) is 8.41. The van der Waals surface area contributed by atoms with Gasteiger partial charge in [-0.2, -0.15) is 0 Å². The van der Waals surface area contributed by atoms with Crippen LogP contribution in [0.2, 0.25) is 0 Å². The molecule has 47 heavy (non-hydrogen) atoms. The highest BCUT2D eigenvalue weighted by molar-refractivity contribution is 5.90. The van der Waals surface area contributed by atoms with E-state index in [0.717, 1.165) is 22.3 Å². The highest BCUT2D eigenvalue weighted by atomic mass is 16.6. The van der Waals surface area contributed by atoms with E-state index >= 15 is 0 Å². The fourth-order valence-electron chi connectivity index (χ4n) is 5.19. The summed E-state index contributed by atoms with van der Waals surface area (Å²) in [5, 5.41) is 0. The molecule has 0 amide bonds. The van der Waals surface area contributed by atoms with E-state index in [1.165, 1.54) is 0 Å². The third-order valence-electron chi connectivity index (χ3n) is 7.64. The molecule has 7 nitrogen and oxygen atoms in total. The molecule has 0 N–H and O–H groups in total. The Kier molecular flexibility index (Phi) is 12.9. The standard InChI is InChI=1S/C40H42O7/c1-3-43-40(41)35-24-36(47-30(35)2)38(45-27-33-20-12-6-13-21-33)39(46-28-34-22-14-7-15-23-34)37(44-26-32-18-10-5-11-19-32)29-42-25-31-16-8-4-9-17-31/h4-24,37-39H,3,25-29H2,1-2H3/t37-,38-,39-/m1/s1. The van der Waals surface area contributed by atoms with E-state index < -0.39 is 24.3 Å². The molecule has 0 aliphatic rings. The Bertz CT molecular complexity index is 1600. The average molecular weight is 635 g/mol. The van der Waals surface area contributed by atoms with Crippen LogP contribution < -0.4 is 0 Å². The van der Waals surface area contributed by atoms with Crippen molar-refractivity contribution in [3.63, 3.8) is 0 Å². The van der Waals surface area contributed by atoms with Crippen molar-refractivity contribution in [2.24, 2.45) is 0 Å². The minimum absolute atomic E-state index is 0.219. The van der Waals surface area contributed by atoms with Crippen molar-refractivity contribution in [1.29, 1.82) is 0 Å². The quantitative estimate of drug-likeness (QED) is 0.0896. The number of benzene rings is 4. The number of carbonyl (C=O) groups is 1. The maximum atomic E-state index is 12.8. The molecular weight excluding hydrogens is 592 g/mol. The van der Waals surface area contributed by atoms with Gasteiger partial charge in [-0.1, -0.05) is 121 Å². The van der Waals surface area contributed by atoms with Gasteiger partial charge in [0, 0.05) is 0 Å². The first kappa shape index (κ1) is 33.8. The van der Waals surface area contributed by atoms with Crippen LogP contribution >= 0.6 is 0 Å². The number of carbonyl (C=O) groups excluding carboxylic acids is 1. The summed E-state index contributed by atoms with van der Waals surface area (Å²) >= 11 is 0. The van der Waals surface area contributed by atoms with Gasteiger partial charge in [0.1, 0.15) is 35.4 Å². The van der Waals surface area contributed by atoms with Gasteiger partial charge >= 0.3 is 5.97 Å². The second kappa shape index (κ2) is 18.0. The lowest BCUT2D eigenvalue weighted by Crippen LogP contribution is -2.41. The lowest BCUT2D eigenvalue weighted by atomic mass is 10.0. The van der Waals surface area contributed by atoms with E-state index in [4.69, 9.17) is 28.1 Å². The van der Waals surface area contributed by atoms with Crippen LogP contribution in [0, 0.1) is 6.92 Å². The highest BCUT2D eigenvalue weighted by Crippen LogP contribution is 2.33. The molecule has 5 aromatic rings. The minimum atomic E-state index is -0.762. The van der Waals surface area contributed by atoms with E-state index in [0.29, 0.717) is 36.9 Å². The monoisotopic (exact) mass is 634 g/mol. The van der Waals surface area contributed by atoms with Crippen molar-refractivity contribution in [3.05, 3.63) is 167 Å².